The number of hydrogen-bond donors (Lipinski definition) is 1. The standard InChI is InChI=1S/C14H19BrN2OS/c1-16-7-3-4-10(9-16)17(2)14(18)12-8-11(19)5-6-13(12)15/h5-6,8,10,19H,3-4,7,9H2,1-2H3. The maximum atomic E-state index is 12.6. The van der Waals surface area contributed by atoms with Crippen molar-refractivity contribution in [1.29, 1.82) is 0 Å². The summed E-state index contributed by atoms with van der Waals surface area (Å²) in [6.07, 6.45) is 2.22. The van der Waals surface area contributed by atoms with Crippen molar-refractivity contribution in [2.75, 3.05) is 27.2 Å². The summed E-state index contributed by atoms with van der Waals surface area (Å²) in [4.78, 5) is 17.5. The molecule has 0 bridgehead atoms. The van der Waals surface area contributed by atoms with Crippen molar-refractivity contribution in [2.24, 2.45) is 0 Å². The zero-order valence-corrected chi connectivity index (χ0v) is 13.7. The van der Waals surface area contributed by atoms with Crippen LogP contribution in [0, 0.1) is 0 Å². The Hall–Kier alpha value is -0.520. The average molecular weight is 343 g/mol. The number of carbonyl (C=O) groups excluding carboxylic acids is 1. The number of hydrogen-bond acceptors (Lipinski definition) is 3. The second-order valence-corrected chi connectivity index (χ2v) is 6.51. The van der Waals surface area contributed by atoms with Gasteiger partial charge in [0.1, 0.15) is 0 Å². The normalized spacial score (nSPS) is 20.3. The molecule has 1 atom stereocenters. The molecule has 0 aliphatic carbocycles. The molecule has 1 aliphatic heterocycles. The van der Waals surface area contributed by atoms with Crippen LogP contribution in [0.25, 0.3) is 0 Å². The molecule has 1 aromatic rings. The van der Waals surface area contributed by atoms with E-state index in [0.717, 1.165) is 35.3 Å². The van der Waals surface area contributed by atoms with Crippen molar-refractivity contribution in [2.45, 2.75) is 23.8 Å². The van der Waals surface area contributed by atoms with Crippen LogP contribution in [-0.2, 0) is 0 Å². The first-order valence-electron chi connectivity index (χ1n) is 6.43. The minimum absolute atomic E-state index is 0.0584. The Bertz CT molecular complexity index is 481. The lowest BCUT2D eigenvalue weighted by Gasteiger charge is -2.36. The van der Waals surface area contributed by atoms with Crippen LogP contribution in [0.4, 0.5) is 0 Å². The van der Waals surface area contributed by atoms with Gasteiger partial charge in [-0.15, -0.1) is 12.6 Å². The number of piperidine rings is 1. The molecule has 1 amide bonds. The third-order valence-electron chi connectivity index (χ3n) is 3.65. The number of likely N-dealkylation sites (N-methyl/N-ethyl adjacent to an activating group) is 2. The van der Waals surface area contributed by atoms with Crippen molar-refractivity contribution < 1.29 is 4.79 Å². The van der Waals surface area contributed by atoms with Crippen molar-refractivity contribution in [1.82, 2.24) is 9.80 Å². The fourth-order valence-corrected chi connectivity index (χ4v) is 3.11. The highest BCUT2D eigenvalue weighted by molar-refractivity contribution is 9.10. The van der Waals surface area contributed by atoms with Crippen LogP contribution in [0.5, 0.6) is 0 Å². The lowest BCUT2D eigenvalue weighted by atomic mass is 10.0. The Labute approximate surface area is 128 Å². The van der Waals surface area contributed by atoms with Crippen LogP contribution in [0.2, 0.25) is 0 Å². The van der Waals surface area contributed by atoms with Crippen molar-refractivity contribution in [3.63, 3.8) is 0 Å². The van der Waals surface area contributed by atoms with E-state index in [2.05, 4.69) is 40.5 Å². The molecule has 1 saturated heterocycles. The van der Waals surface area contributed by atoms with E-state index >= 15 is 0 Å². The third-order valence-corrected chi connectivity index (χ3v) is 4.62. The van der Waals surface area contributed by atoms with Gasteiger partial charge in [-0.05, 0) is 60.6 Å². The predicted octanol–water partition coefficient (Wildman–Crippen LogP) is 2.90. The summed E-state index contributed by atoms with van der Waals surface area (Å²) in [6.45, 7) is 2.06. The number of benzene rings is 1. The molecule has 0 radical (unpaired) electrons. The molecule has 104 valence electrons. The SMILES string of the molecule is CN1CCCC(N(C)C(=O)c2cc(S)ccc2Br)C1. The molecule has 2 rings (SSSR count). The molecule has 1 unspecified atom stereocenters. The monoisotopic (exact) mass is 342 g/mol. The summed E-state index contributed by atoms with van der Waals surface area (Å²) in [5.41, 5.74) is 0.684. The van der Waals surface area contributed by atoms with Gasteiger partial charge in [0.25, 0.3) is 5.91 Å². The van der Waals surface area contributed by atoms with E-state index in [0.29, 0.717) is 11.6 Å². The van der Waals surface area contributed by atoms with E-state index in [4.69, 9.17) is 0 Å². The average Bonchev–Trinajstić information content (AvgIpc) is 2.40. The fourth-order valence-electron chi connectivity index (χ4n) is 2.49. The summed E-state index contributed by atoms with van der Waals surface area (Å²) in [7, 11) is 4.00. The fraction of sp³-hybridized carbons (Fsp3) is 0.500. The van der Waals surface area contributed by atoms with Crippen LogP contribution in [0.3, 0.4) is 0 Å². The number of nitrogens with zero attached hydrogens (tertiary/aromatic N) is 2. The molecule has 3 nitrogen and oxygen atoms in total. The largest absolute Gasteiger partial charge is 0.337 e. The van der Waals surface area contributed by atoms with Crippen LogP contribution >= 0.6 is 28.6 Å². The molecule has 0 N–H and O–H groups in total. The molecule has 0 aromatic heterocycles. The maximum Gasteiger partial charge on any atom is 0.255 e. The third kappa shape index (κ3) is 3.52. The van der Waals surface area contributed by atoms with Crippen molar-refractivity contribution in [3.05, 3.63) is 28.2 Å². The molecule has 0 spiro atoms. The van der Waals surface area contributed by atoms with Gasteiger partial charge < -0.3 is 9.80 Å². The van der Waals surface area contributed by atoms with Gasteiger partial charge in [-0.1, -0.05) is 0 Å². The maximum absolute atomic E-state index is 12.6. The Morgan fingerprint density at radius 1 is 1.53 bits per heavy atom. The second-order valence-electron chi connectivity index (χ2n) is 5.14. The van der Waals surface area contributed by atoms with Gasteiger partial charge in [-0.25, -0.2) is 0 Å². The lowest BCUT2D eigenvalue weighted by molar-refractivity contribution is 0.0643. The predicted molar refractivity (Wildman–Crippen MR) is 84.0 cm³/mol. The summed E-state index contributed by atoms with van der Waals surface area (Å²) in [6, 6.07) is 5.86. The highest BCUT2D eigenvalue weighted by Crippen LogP contribution is 2.23. The molecular weight excluding hydrogens is 324 g/mol. The Morgan fingerprint density at radius 2 is 2.26 bits per heavy atom. The van der Waals surface area contributed by atoms with Crippen LogP contribution < -0.4 is 0 Å². The van der Waals surface area contributed by atoms with Gasteiger partial charge in [0.2, 0.25) is 0 Å². The first kappa shape index (κ1) is 14.9. The van der Waals surface area contributed by atoms with Crippen molar-refractivity contribution >= 4 is 34.5 Å². The minimum Gasteiger partial charge on any atom is -0.337 e. The molecule has 1 fully saturated rings. The van der Waals surface area contributed by atoms with E-state index in [1.807, 2.05) is 30.1 Å². The van der Waals surface area contributed by atoms with E-state index in [-0.39, 0.29) is 5.91 Å². The van der Waals surface area contributed by atoms with Gasteiger partial charge in [0, 0.05) is 29.0 Å². The van der Waals surface area contributed by atoms with Crippen LogP contribution in [0.15, 0.2) is 27.6 Å². The zero-order chi connectivity index (χ0) is 14.0. The van der Waals surface area contributed by atoms with Gasteiger partial charge in [0.15, 0.2) is 0 Å². The number of thiol groups is 1. The second kappa shape index (κ2) is 6.29. The molecule has 5 heteroatoms. The number of halogens is 1. The molecule has 1 heterocycles. The van der Waals surface area contributed by atoms with E-state index in [9.17, 15) is 4.79 Å². The first-order chi connectivity index (χ1) is 8.99. The topological polar surface area (TPSA) is 23.6 Å². The molecule has 19 heavy (non-hydrogen) atoms. The first-order valence-corrected chi connectivity index (χ1v) is 7.67. The number of carbonyl (C=O) groups is 1. The summed E-state index contributed by atoms with van der Waals surface area (Å²) >= 11 is 7.75. The van der Waals surface area contributed by atoms with E-state index in [1.54, 1.807) is 0 Å². The molecule has 0 saturated carbocycles. The Kier molecular flexibility index (Phi) is 4.92. The zero-order valence-electron chi connectivity index (χ0n) is 11.3. The number of rotatable bonds is 2. The highest BCUT2D eigenvalue weighted by Gasteiger charge is 2.26. The van der Waals surface area contributed by atoms with E-state index in [1.165, 1.54) is 0 Å². The molecule has 1 aromatic carbocycles. The van der Waals surface area contributed by atoms with Gasteiger partial charge in [-0.3, -0.25) is 4.79 Å². The summed E-state index contributed by atoms with van der Waals surface area (Å²) < 4.78 is 0.825. The van der Waals surface area contributed by atoms with Crippen LogP contribution in [-0.4, -0.2) is 48.9 Å². The van der Waals surface area contributed by atoms with Crippen molar-refractivity contribution in [3.8, 4) is 0 Å². The minimum atomic E-state index is 0.0584. The number of likely N-dealkylation sites (tertiary alicyclic amines) is 1. The highest BCUT2D eigenvalue weighted by atomic mass is 79.9. The quantitative estimate of drug-likeness (QED) is 0.835. The Morgan fingerprint density at radius 3 is 2.95 bits per heavy atom. The van der Waals surface area contributed by atoms with Crippen LogP contribution in [0.1, 0.15) is 23.2 Å². The smallest absolute Gasteiger partial charge is 0.255 e. The van der Waals surface area contributed by atoms with Gasteiger partial charge in [0.05, 0.1) is 5.56 Å². The molecular formula is C14H19BrN2OS. The van der Waals surface area contributed by atoms with Gasteiger partial charge >= 0.3 is 0 Å². The molecule has 1 aliphatic rings. The Balaban J connectivity index is 2.16. The lowest BCUT2D eigenvalue weighted by Crippen LogP contribution is -2.47. The summed E-state index contributed by atoms with van der Waals surface area (Å²) in [5, 5.41) is 0. The van der Waals surface area contributed by atoms with E-state index < -0.39 is 0 Å². The number of amides is 1. The summed E-state index contributed by atoms with van der Waals surface area (Å²) in [5.74, 6) is 0.0584. The van der Waals surface area contributed by atoms with Gasteiger partial charge in [-0.2, -0.15) is 0 Å².